The number of aromatic nitrogens is 1. The molecule has 124 valence electrons. The molecule has 0 aliphatic rings. The van der Waals surface area contributed by atoms with E-state index in [1.54, 1.807) is 0 Å². The van der Waals surface area contributed by atoms with Crippen LogP contribution in [0.4, 0.5) is 26.3 Å². The summed E-state index contributed by atoms with van der Waals surface area (Å²) in [4.78, 5) is 14.3. The maximum atomic E-state index is 12.8. The van der Waals surface area contributed by atoms with Gasteiger partial charge in [-0.3, -0.25) is 4.79 Å². The highest BCUT2D eigenvalue weighted by molar-refractivity contribution is 5.72. The number of alkyl halides is 6. The quantitative estimate of drug-likeness (QED) is 0.676. The third-order valence-corrected chi connectivity index (χ3v) is 2.43. The second-order valence-electron chi connectivity index (χ2n) is 3.95. The van der Waals surface area contributed by atoms with Crippen molar-refractivity contribution in [1.29, 1.82) is 0 Å². The van der Waals surface area contributed by atoms with Crippen LogP contribution in [0.15, 0.2) is 6.07 Å². The van der Waals surface area contributed by atoms with Gasteiger partial charge in [0.15, 0.2) is 0 Å². The van der Waals surface area contributed by atoms with Crippen molar-refractivity contribution in [2.24, 2.45) is 5.73 Å². The lowest BCUT2D eigenvalue weighted by molar-refractivity contribution is -0.278. The van der Waals surface area contributed by atoms with Gasteiger partial charge in [-0.15, -0.1) is 13.2 Å². The van der Waals surface area contributed by atoms with Crippen LogP contribution in [0.3, 0.4) is 0 Å². The molecule has 0 aliphatic carbocycles. The van der Waals surface area contributed by atoms with Crippen molar-refractivity contribution in [2.75, 3.05) is 7.11 Å². The molecule has 0 aliphatic heterocycles. The summed E-state index contributed by atoms with van der Waals surface area (Å²) in [5, 5.41) is 0. The number of methoxy groups -OCH3 is 1. The van der Waals surface area contributed by atoms with Crippen molar-refractivity contribution in [3.8, 4) is 5.88 Å². The summed E-state index contributed by atoms with van der Waals surface area (Å²) in [6.45, 7) is -0.487. The lowest BCUT2D eigenvalue weighted by atomic mass is 10.1. The number of hydrogen-bond acceptors (Lipinski definition) is 5. The minimum atomic E-state index is -5.36. The van der Waals surface area contributed by atoms with Gasteiger partial charge in [0.25, 0.3) is 0 Å². The number of nitrogens with zero attached hydrogens (tertiary/aromatic N) is 1. The fourth-order valence-electron chi connectivity index (χ4n) is 1.52. The molecule has 0 fully saturated rings. The Bertz CT molecular complexity index is 556. The average Bonchev–Trinajstić information content (AvgIpc) is 2.36. The zero-order valence-electron chi connectivity index (χ0n) is 11.0. The van der Waals surface area contributed by atoms with Gasteiger partial charge in [0, 0.05) is 6.54 Å². The molecular formula is C11H10F6N2O3. The number of esters is 1. The first-order valence-corrected chi connectivity index (χ1v) is 5.60. The van der Waals surface area contributed by atoms with Crippen molar-refractivity contribution in [3.63, 3.8) is 0 Å². The van der Waals surface area contributed by atoms with Crippen LogP contribution >= 0.6 is 0 Å². The molecule has 0 radical (unpaired) electrons. The molecule has 0 atom stereocenters. The molecule has 0 saturated carbocycles. The van der Waals surface area contributed by atoms with Gasteiger partial charge in [-0.2, -0.15) is 13.2 Å². The van der Waals surface area contributed by atoms with Crippen molar-refractivity contribution < 1.29 is 40.6 Å². The first kappa shape index (κ1) is 18.0. The molecule has 0 bridgehead atoms. The predicted octanol–water partition coefficient (Wildman–Crippen LogP) is 2.17. The second-order valence-corrected chi connectivity index (χ2v) is 3.95. The third-order valence-electron chi connectivity index (χ3n) is 2.43. The van der Waals surface area contributed by atoms with Gasteiger partial charge in [-0.05, 0) is 11.6 Å². The molecule has 1 aromatic heterocycles. The van der Waals surface area contributed by atoms with Crippen molar-refractivity contribution >= 4 is 5.97 Å². The van der Waals surface area contributed by atoms with E-state index < -0.39 is 42.9 Å². The van der Waals surface area contributed by atoms with Crippen LogP contribution in [0, 0.1) is 0 Å². The lowest BCUT2D eigenvalue weighted by Gasteiger charge is -2.17. The van der Waals surface area contributed by atoms with Crippen molar-refractivity contribution in [2.45, 2.75) is 25.5 Å². The fraction of sp³-hybridized carbons (Fsp3) is 0.455. The molecule has 1 heterocycles. The Hall–Kier alpha value is -2.04. The van der Waals surface area contributed by atoms with Gasteiger partial charge in [0.1, 0.15) is 5.56 Å². The van der Waals surface area contributed by atoms with E-state index >= 15 is 0 Å². The Morgan fingerprint density at radius 3 is 2.27 bits per heavy atom. The van der Waals surface area contributed by atoms with Gasteiger partial charge in [0.05, 0.1) is 19.2 Å². The monoisotopic (exact) mass is 332 g/mol. The molecule has 1 aromatic rings. The standard InChI is InChI=1S/C11H10F6N2O3/c1-21-8(20)3-5-2-6(10(12,13)14)9(19-7(5)4-18)22-11(15,16)17/h2H,3-4,18H2,1H3. The minimum Gasteiger partial charge on any atom is -0.469 e. The molecule has 0 spiro atoms. The van der Waals surface area contributed by atoms with Crippen LogP contribution in [0.1, 0.15) is 16.8 Å². The Labute approximate surface area is 120 Å². The Balaban J connectivity index is 3.42. The lowest BCUT2D eigenvalue weighted by Crippen LogP contribution is -2.23. The number of ether oxygens (including phenoxy) is 2. The van der Waals surface area contributed by atoms with E-state index in [9.17, 15) is 31.1 Å². The topological polar surface area (TPSA) is 74.4 Å². The van der Waals surface area contributed by atoms with Gasteiger partial charge in [0.2, 0.25) is 5.88 Å². The first-order valence-electron chi connectivity index (χ1n) is 5.60. The predicted molar refractivity (Wildman–Crippen MR) is 59.5 cm³/mol. The van der Waals surface area contributed by atoms with Gasteiger partial charge >= 0.3 is 18.5 Å². The van der Waals surface area contributed by atoms with E-state index in [1.165, 1.54) is 0 Å². The number of carbonyl (C=O) groups excluding carboxylic acids is 1. The minimum absolute atomic E-state index is 0.295. The molecule has 1 rings (SSSR count). The summed E-state index contributed by atoms with van der Waals surface area (Å²) >= 11 is 0. The highest BCUT2D eigenvalue weighted by Crippen LogP contribution is 2.38. The van der Waals surface area contributed by atoms with Crippen LogP contribution < -0.4 is 10.5 Å². The van der Waals surface area contributed by atoms with Gasteiger partial charge in [-0.1, -0.05) is 0 Å². The molecule has 11 heteroatoms. The van der Waals surface area contributed by atoms with E-state index in [4.69, 9.17) is 5.73 Å². The first-order chi connectivity index (χ1) is 9.97. The number of rotatable bonds is 4. The van der Waals surface area contributed by atoms with Crippen molar-refractivity contribution in [1.82, 2.24) is 4.98 Å². The SMILES string of the molecule is COC(=O)Cc1cc(C(F)(F)F)c(OC(F)(F)F)nc1CN. The average molecular weight is 332 g/mol. The molecule has 5 nitrogen and oxygen atoms in total. The number of hydrogen-bond donors (Lipinski definition) is 1. The highest BCUT2D eigenvalue weighted by Gasteiger charge is 2.41. The number of nitrogens with two attached hydrogens (primary N) is 1. The molecule has 2 N–H and O–H groups in total. The van der Waals surface area contributed by atoms with Crippen LogP contribution in [0.25, 0.3) is 0 Å². The summed E-state index contributed by atoms with van der Waals surface area (Å²) < 4.78 is 82.6. The highest BCUT2D eigenvalue weighted by atomic mass is 19.4. The van der Waals surface area contributed by atoms with E-state index in [-0.39, 0.29) is 11.3 Å². The molecular weight excluding hydrogens is 322 g/mol. The molecule has 0 saturated heterocycles. The zero-order chi connectivity index (χ0) is 17.1. The summed E-state index contributed by atoms with van der Waals surface area (Å²) in [5.41, 5.74) is 2.83. The largest absolute Gasteiger partial charge is 0.574 e. The van der Waals surface area contributed by atoms with E-state index in [0.717, 1.165) is 7.11 Å². The third kappa shape index (κ3) is 4.76. The van der Waals surface area contributed by atoms with E-state index in [1.807, 2.05) is 0 Å². The zero-order valence-corrected chi connectivity index (χ0v) is 11.0. The Morgan fingerprint density at radius 2 is 1.86 bits per heavy atom. The summed E-state index contributed by atoms with van der Waals surface area (Å²) in [6, 6.07) is 0.340. The molecule has 0 unspecified atom stereocenters. The van der Waals surface area contributed by atoms with Gasteiger partial charge in [-0.25, -0.2) is 4.98 Å². The number of carbonyl (C=O) groups is 1. The second kappa shape index (κ2) is 6.38. The molecule has 22 heavy (non-hydrogen) atoms. The van der Waals surface area contributed by atoms with Crippen molar-refractivity contribution in [3.05, 3.63) is 22.9 Å². The van der Waals surface area contributed by atoms with Crippen LogP contribution in [0.2, 0.25) is 0 Å². The smallest absolute Gasteiger partial charge is 0.469 e. The van der Waals surface area contributed by atoms with Crippen LogP contribution in [0.5, 0.6) is 5.88 Å². The number of halogens is 6. The number of pyridine rings is 1. The van der Waals surface area contributed by atoms with Crippen LogP contribution in [-0.2, 0) is 28.7 Å². The van der Waals surface area contributed by atoms with E-state index in [0.29, 0.717) is 6.07 Å². The maximum absolute atomic E-state index is 12.8. The normalized spacial score (nSPS) is 12.2. The summed E-state index contributed by atoms with van der Waals surface area (Å²) in [7, 11) is 1.00. The Morgan fingerprint density at radius 1 is 1.27 bits per heavy atom. The summed E-state index contributed by atoms with van der Waals surface area (Å²) in [5.74, 6) is -2.57. The maximum Gasteiger partial charge on any atom is 0.574 e. The fourth-order valence-corrected chi connectivity index (χ4v) is 1.52. The van der Waals surface area contributed by atoms with Gasteiger partial charge < -0.3 is 15.2 Å². The van der Waals surface area contributed by atoms with E-state index in [2.05, 4.69) is 14.5 Å². The molecule has 0 amide bonds. The molecule has 0 aromatic carbocycles. The van der Waals surface area contributed by atoms with Crippen LogP contribution in [-0.4, -0.2) is 24.4 Å². The Kier molecular flexibility index (Phi) is 5.22. The summed E-state index contributed by atoms with van der Waals surface area (Å²) in [6.07, 6.45) is -11.1.